The van der Waals surface area contributed by atoms with Gasteiger partial charge < -0.3 is 14.6 Å². The Labute approximate surface area is 215 Å². The van der Waals surface area contributed by atoms with E-state index in [0.29, 0.717) is 30.7 Å². The molecule has 1 fully saturated rings. The van der Waals surface area contributed by atoms with Crippen molar-refractivity contribution in [3.63, 3.8) is 0 Å². The van der Waals surface area contributed by atoms with E-state index in [1.807, 2.05) is 30.5 Å². The monoisotopic (exact) mass is 503 g/mol. The Morgan fingerprint density at radius 3 is 2.59 bits per heavy atom. The first-order valence-electron chi connectivity index (χ1n) is 12.5. The van der Waals surface area contributed by atoms with E-state index in [1.165, 1.54) is 12.1 Å². The molecule has 0 radical (unpaired) electrons. The van der Waals surface area contributed by atoms with Crippen molar-refractivity contribution in [3.8, 4) is 5.75 Å². The van der Waals surface area contributed by atoms with Crippen LogP contribution in [0.4, 0.5) is 9.18 Å². The molecule has 1 N–H and O–H groups in total. The van der Waals surface area contributed by atoms with Crippen LogP contribution in [0.3, 0.4) is 0 Å². The fourth-order valence-electron chi connectivity index (χ4n) is 5.67. The number of aryl methyl sites for hydroxylation is 3. The number of aromatic nitrogens is 1. The van der Waals surface area contributed by atoms with Gasteiger partial charge in [-0.1, -0.05) is 18.2 Å². The zero-order chi connectivity index (χ0) is 26.3. The number of ether oxygens (including phenoxy) is 1. The Kier molecular flexibility index (Phi) is 6.35. The molecule has 1 spiro atoms. The molecule has 192 valence electrons. The summed E-state index contributed by atoms with van der Waals surface area (Å²) in [5.74, 6) is -0.243. The molecule has 0 bridgehead atoms. The topological polar surface area (TPSA) is 80.6 Å². The molecule has 3 aromatic rings. The van der Waals surface area contributed by atoms with Crippen LogP contribution < -0.4 is 10.1 Å². The third kappa shape index (κ3) is 4.30. The van der Waals surface area contributed by atoms with Crippen LogP contribution in [0.25, 0.3) is 0 Å². The predicted molar refractivity (Wildman–Crippen MR) is 136 cm³/mol. The van der Waals surface area contributed by atoms with Crippen LogP contribution in [-0.4, -0.2) is 40.8 Å². The van der Waals surface area contributed by atoms with Crippen LogP contribution in [0.15, 0.2) is 48.5 Å². The minimum absolute atomic E-state index is 0.274. The molecule has 37 heavy (non-hydrogen) atoms. The first-order valence-corrected chi connectivity index (χ1v) is 12.5. The van der Waals surface area contributed by atoms with E-state index in [-0.39, 0.29) is 24.1 Å². The van der Waals surface area contributed by atoms with Gasteiger partial charge in [0.25, 0.3) is 5.91 Å². The van der Waals surface area contributed by atoms with E-state index < -0.39 is 11.6 Å². The number of nitrogens with one attached hydrogen (secondary N) is 1. The highest BCUT2D eigenvalue weighted by molar-refractivity contribution is 6.12. The third-order valence-corrected chi connectivity index (χ3v) is 7.66. The normalized spacial score (nSPS) is 18.8. The quantitative estimate of drug-likeness (QED) is 0.381. The smallest absolute Gasteiger partial charge is 0.325 e. The molecule has 1 saturated heterocycles. The number of urea groups is 1. The maximum absolute atomic E-state index is 13.6. The Hall–Kier alpha value is -3.94. The highest BCUT2D eigenvalue weighted by atomic mass is 19.1. The number of hydrogen-bond donors (Lipinski definition) is 1. The minimum Gasteiger partial charge on any atom is -0.497 e. The van der Waals surface area contributed by atoms with Crippen molar-refractivity contribution in [3.05, 3.63) is 88.0 Å². The summed E-state index contributed by atoms with van der Waals surface area (Å²) in [4.78, 5) is 41.0. The maximum atomic E-state index is 13.6. The van der Waals surface area contributed by atoms with Gasteiger partial charge in [0.05, 0.1) is 13.7 Å². The van der Waals surface area contributed by atoms with E-state index in [1.54, 1.807) is 31.4 Å². The molecular weight excluding hydrogens is 473 g/mol. The number of carbonyl (C=O) groups is 3. The molecule has 0 saturated carbocycles. The number of carbonyl (C=O) groups excluding carboxylic acids is 3. The van der Waals surface area contributed by atoms with E-state index >= 15 is 0 Å². The van der Waals surface area contributed by atoms with Gasteiger partial charge in [-0.05, 0) is 86.6 Å². The highest BCUT2D eigenvalue weighted by Crippen LogP contribution is 2.41. The van der Waals surface area contributed by atoms with Gasteiger partial charge in [-0.15, -0.1) is 0 Å². The minimum atomic E-state index is -1.15. The predicted octanol–water partition coefficient (Wildman–Crippen LogP) is 4.46. The molecule has 1 unspecified atom stereocenters. The average molecular weight is 504 g/mol. The molecule has 2 heterocycles. The maximum Gasteiger partial charge on any atom is 0.325 e. The van der Waals surface area contributed by atoms with Crippen molar-refractivity contribution in [2.75, 3.05) is 13.7 Å². The lowest BCUT2D eigenvalue weighted by Crippen LogP contribution is -2.46. The highest BCUT2D eigenvalue weighted by Gasteiger charge is 2.54. The summed E-state index contributed by atoms with van der Waals surface area (Å²) < 4.78 is 20.6. The molecule has 3 amide bonds. The SMILES string of the molecule is COc1ccc2c(c1)CCCC21NC(=O)N(CC(=O)c2cc(C)n(CCc3ccc(F)cc3)c2C)C1=O. The van der Waals surface area contributed by atoms with Gasteiger partial charge in [-0.25, -0.2) is 9.18 Å². The number of nitrogens with zero attached hydrogens (tertiary/aromatic N) is 2. The van der Waals surface area contributed by atoms with Gasteiger partial charge in [0, 0.05) is 23.5 Å². The van der Waals surface area contributed by atoms with Crippen LogP contribution in [-0.2, 0) is 29.7 Å². The third-order valence-electron chi connectivity index (χ3n) is 7.66. The van der Waals surface area contributed by atoms with Gasteiger partial charge in [0.2, 0.25) is 0 Å². The lowest BCUT2D eigenvalue weighted by Gasteiger charge is -2.33. The van der Waals surface area contributed by atoms with Gasteiger partial charge in [0.1, 0.15) is 17.1 Å². The number of methoxy groups -OCH3 is 1. The van der Waals surface area contributed by atoms with E-state index in [2.05, 4.69) is 5.32 Å². The lowest BCUT2D eigenvalue weighted by atomic mass is 9.76. The molecule has 1 atom stereocenters. The molecule has 1 aromatic heterocycles. The first kappa shape index (κ1) is 24.7. The number of rotatable bonds is 7. The van der Waals surface area contributed by atoms with Crippen molar-refractivity contribution < 1.29 is 23.5 Å². The van der Waals surface area contributed by atoms with Crippen LogP contribution in [0.5, 0.6) is 5.75 Å². The second-order valence-electron chi connectivity index (χ2n) is 9.84. The largest absolute Gasteiger partial charge is 0.497 e. The van der Waals surface area contributed by atoms with Crippen molar-refractivity contribution >= 4 is 17.7 Å². The molecule has 5 rings (SSSR count). The molecule has 2 aromatic carbocycles. The van der Waals surface area contributed by atoms with Crippen LogP contribution in [0.1, 0.15) is 51.3 Å². The van der Waals surface area contributed by atoms with Gasteiger partial charge >= 0.3 is 6.03 Å². The lowest BCUT2D eigenvalue weighted by molar-refractivity contribution is -0.131. The molecule has 8 heteroatoms. The average Bonchev–Trinajstić information content (AvgIpc) is 3.30. The van der Waals surface area contributed by atoms with Gasteiger partial charge in [0.15, 0.2) is 5.78 Å². The van der Waals surface area contributed by atoms with Crippen molar-refractivity contribution in [1.29, 1.82) is 0 Å². The number of benzene rings is 2. The fraction of sp³-hybridized carbons (Fsp3) is 0.345. The standard InChI is InChI=1S/C29H30FN3O4/c1-18-15-24(19(2)32(18)14-12-20-6-8-22(30)9-7-20)26(34)17-33-27(35)29(31-28(33)36)13-4-5-21-16-23(37-3)10-11-25(21)29/h6-11,15-16H,4-5,12-14,17H2,1-3H3,(H,31,36). The summed E-state index contributed by atoms with van der Waals surface area (Å²) in [6.07, 6.45) is 2.70. The van der Waals surface area contributed by atoms with Crippen molar-refractivity contribution in [1.82, 2.24) is 14.8 Å². The fourth-order valence-corrected chi connectivity index (χ4v) is 5.67. The van der Waals surface area contributed by atoms with Gasteiger partial charge in [-0.2, -0.15) is 0 Å². The van der Waals surface area contributed by atoms with Crippen LogP contribution in [0.2, 0.25) is 0 Å². The van der Waals surface area contributed by atoms with E-state index in [9.17, 15) is 18.8 Å². The Bertz CT molecular complexity index is 1390. The molecule has 1 aliphatic carbocycles. The Balaban J connectivity index is 1.34. The summed E-state index contributed by atoms with van der Waals surface area (Å²) in [6, 6.07) is 13.2. The van der Waals surface area contributed by atoms with E-state index in [4.69, 9.17) is 4.74 Å². The Morgan fingerprint density at radius 1 is 1.11 bits per heavy atom. The summed E-state index contributed by atoms with van der Waals surface area (Å²) in [7, 11) is 1.59. The number of amides is 3. The van der Waals surface area contributed by atoms with Crippen LogP contribution >= 0.6 is 0 Å². The number of ketones is 1. The second-order valence-corrected chi connectivity index (χ2v) is 9.84. The number of fused-ring (bicyclic) bond motifs is 2. The summed E-state index contributed by atoms with van der Waals surface area (Å²) in [5, 5.41) is 2.91. The zero-order valence-corrected chi connectivity index (χ0v) is 21.3. The number of halogens is 1. The summed E-state index contributed by atoms with van der Waals surface area (Å²) in [6.45, 7) is 4.09. The van der Waals surface area contributed by atoms with Crippen molar-refractivity contribution in [2.24, 2.45) is 0 Å². The first-order chi connectivity index (χ1) is 17.7. The zero-order valence-electron chi connectivity index (χ0n) is 21.3. The number of hydrogen-bond acceptors (Lipinski definition) is 4. The molecule has 2 aliphatic rings. The molecule has 1 aliphatic heterocycles. The number of imide groups is 1. The molecule has 7 nitrogen and oxygen atoms in total. The number of Topliss-reactive ketones (excluding diaryl/α,β-unsaturated/α-hetero) is 1. The Morgan fingerprint density at radius 2 is 1.86 bits per heavy atom. The van der Waals surface area contributed by atoms with Crippen LogP contribution in [0, 0.1) is 19.7 Å². The molecular formula is C29H30FN3O4. The second kappa shape index (κ2) is 9.50. The van der Waals surface area contributed by atoms with Crippen molar-refractivity contribution in [2.45, 2.75) is 51.6 Å². The summed E-state index contributed by atoms with van der Waals surface area (Å²) >= 11 is 0. The summed E-state index contributed by atoms with van der Waals surface area (Å²) in [5.41, 5.74) is 3.77. The van der Waals surface area contributed by atoms with E-state index in [0.717, 1.165) is 45.8 Å². The van der Waals surface area contributed by atoms with Gasteiger partial charge in [-0.3, -0.25) is 14.5 Å².